The van der Waals surface area contributed by atoms with Crippen molar-refractivity contribution in [2.75, 3.05) is 7.05 Å². The first kappa shape index (κ1) is 12.8. The second-order valence-electron chi connectivity index (χ2n) is 3.84. The van der Waals surface area contributed by atoms with Gasteiger partial charge in [-0.1, -0.05) is 24.3 Å². The Morgan fingerprint density at radius 3 is 2.59 bits per heavy atom. The van der Waals surface area contributed by atoms with Crippen LogP contribution in [0.4, 0.5) is 0 Å². The number of halogens is 1. The van der Waals surface area contributed by atoms with Gasteiger partial charge in [-0.3, -0.25) is 0 Å². The third-order valence-corrected chi connectivity index (χ3v) is 4.28. The summed E-state index contributed by atoms with van der Waals surface area (Å²) in [5, 5.41) is 15.3. The lowest BCUT2D eigenvalue weighted by Gasteiger charge is -2.09. The number of rotatable bonds is 4. The summed E-state index contributed by atoms with van der Waals surface area (Å²) >= 11 is 4.95. The van der Waals surface area contributed by atoms with E-state index in [-0.39, 0.29) is 0 Å². The molecule has 0 aliphatic heterocycles. The second-order valence-corrected chi connectivity index (χ2v) is 5.70. The highest BCUT2D eigenvalue weighted by molar-refractivity contribution is 9.10. The van der Waals surface area contributed by atoms with Gasteiger partial charge in [-0.05, 0) is 40.2 Å². The van der Waals surface area contributed by atoms with Crippen LogP contribution in [0.15, 0.2) is 40.2 Å². The van der Waals surface area contributed by atoms with E-state index >= 15 is 0 Å². The Hall–Kier alpha value is -0.680. The van der Waals surface area contributed by atoms with Crippen LogP contribution in [0.3, 0.4) is 0 Å². The van der Waals surface area contributed by atoms with E-state index in [0.29, 0.717) is 0 Å². The molecule has 0 radical (unpaired) electrons. The van der Waals surface area contributed by atoms with Crippen molar-refractivity contribution < 1.29 is 5.11 Å². The normalized spacial score (nSPS) is 12.6. The summed E-state index contributed by atoms with van der Waals surface area (Å²) in [5.74, 6) is 0. The number of aliphatic hydroxyl groups excluding tert-OH is 1. The van der Waals surface area contributed by atoms with Crippen LogP contribution in [0.2, 0.25) is 0 Å². The summed E-state index contributed by atoms with van der Waals surface area (Å²) in [6.07, 6.45) is -0.532. The van der Waals surface area contributed by atoms with Crippen molar-refractivity contribution in [3.8, 4) is 0 Å². The molecule has 4 heteroatoms. The third-order valence-electron chi connectivity index (χ3n) is 2.53. The monoisotopic (exact) mass is 311 g/mol. The minimum absolute atomic E-state index is 0.532. The highest BCUT2D eigenvalue weighted by Crippen LogP contribution is 2.29. The largest absolute Gasteiger partial charge is 0.383 e. The SMILES string of the molecule is CNCc1ccc(C(O)c2cc(Br)cs2)cc1. The van der Waals surface area contributed by atoms with E-state index in [2.05, 4.69) is 21.2 Å². The minimum Gasteiger partial charge on any atom is -0.383 e. The van der Waals surface area contributed by atoms with Gasteiger partial charge in [-0.15, -0.1) is 11.3 Å². The first-order valence-electron chi connectivity index (χ1n) is 5.36. The van der Waals surface area contributed by atoms with Crippen molar-refractivity contribution in [1.29, 1.82) is 0 Å². The lowest BCUT2D eigenvalue weighted by molar-refractivity contribution is 0.224. The quantitative estimate of drug-likeness (QED) is 0.908. The zero-order chi connectivity index (χ0) is 12.3. The summed E-state index contributed by atoms with van der Waals surface area (Å²) in [6, 6.07) is 9.99. The molecule has 1 heterocycles. The van der Waals surface area contributed by atoms with Crippen LogP contribution >= 0.6 is 27.3 Å². The standard InChI is InChI=1S/C13H14BrNOS/c1-15-7-9-2-4-10(5-3-9)13(16)12-6-11(14)8-17-12/h2-6,8,13,15-16H,7H2,1H3. The maximum absolute atomic E-state index is 10.2. The molecule has 0 fully saturated rings. The van der Waals surface area contributed by atoms with Gasteiger partial charge in [-0.2, -0.15) is 0 Å². The van der Waals surface area contributed by atoms with Gasteiger partial charge in [0.2, 0.25) is 0 Å². The fourth-order valence-electron chi connectivity index (χ4n) is 1.66. The van der Waals surface area contributed by atoms with E-state index < -0.39 is 6.10 Å². The number of benzene rings is 1. The number of hydrogen-bond acceptors (Lipinski definition) is 3. The number of hydrogen-bond donors (Lipinski definition) is 2. The number of thiophene rings is 1. The van der Waals surface area contributed by atoms with Crippen LogP contribution in [0.5, 0.6) is 0 Å². The number of aliphatic hydroxyl groups is 1. The molecule has 0 saturated carbocycles. The van der Waals surface area contributed by atoms with Crippen LogP contribution in [-0.4, -0.2) is 12.2 Å². The van der Waals surface area contributed by atoms with Crippen molar-refractivity contribution in [2.45, 2.75) is 12.6 Å². The minimum atomic E-state index is -0.532. The molecule has 2 nitrogen and oxygen atoms in total. The zero-order valence-corrected chi connectivity index (χ0v) is 11.9. The Balaban J connectivity index is 2.16. The third kappa shape index (κ3) is 3.16. The average molecular weight is 312 g/mol. The van der Waals surface area contributed by atoms with E-state index in [0.717, 1.165) is 21.5 Å². The molecule has 1 unspecified atom stereocenters. The van der Waals surface area contributed by atoms with Gasteiger partial charge in [0, 0.05) is 21.3 Å². The smallest absolute Gasteiger partial charge is 0.113 e. The second kappa shape index (κ2) is 5.78. The van der Waals surface area contributed by atoms with Gasteiger partial charge >= 0.3 is 0 Å². The molecule has 0 aliphatic carbocycles. The molecule has 0 aliphatic rings. The molecule has 2 N–H and O–H groups in total. The van der Waals surface area contributed by atoms with Crippen LogP contribution < -0.4 is 5.32 Å². The van der Waals surface area contributed by atoms with Crippen molar-refractivity contribution >= 4 is 27.3 Å². The molecule has 1 aromatic heterocycles. The maximum Gasteiger partial charge on any atom is 0.113 e. The Morgan fingerprint density at radius 1 is 1.35 bits per heavy atom. The lowest BCUT2D eigenvalue weighted by atomic mass is 10.1. The van der Waals surface area contributed by atoms with Gasteiger partial charge in [0.15, 0.2) is 0 Å². The highest BCUT2D eigenvalue weighted by atomic mass is 79.9. The highest BCUT2D eigenvalue weighted by Gasteiger charge is 2.12. The molecule has 2 rings (SSSR count). The molecule has 0 saturated heterocycles. The first-order chi connectivity index (χ1) is 8.20. The first-order valence-corrected chi connectivity index (χ1v) is 7.03. The molecule has 0 bridgehead atoms. The van der Waals surface area contributed by atoms with Gasteiger partial charge in [-0.25, -0.2) is 0 Å². The van der Waals surface area contributed by atoms with Crippen molar-refractivity contribution in [2.24, 2.45) is 0 Å². The summed E-state index contributed by atoms with van der Waals surface area (Å²) in [6.45, 7) is 0.848. The fraction of sp³-hybridized carbons (Fsp3) is 0.231. The van der Waals surface area contributed by atoms with Crippen molar-refractivity contribution in [3.63, 3.8) is 0 Å². The average Bonchev–Trinajstić information content (AvgIpc) is 2.76. The van der Waals surface area contributed by atoms with Gasteiger partial charge < -0.3 is 10.4 Å². The predicted molar refractivity (Wildman–Crippen MR) is 75.3 cm³/mol. The zero-order valence-electron chi connectivity index (χ0n) is 9.48. The van der Waals surface area contributed by atoms with Gasteiger partial charge in [0.05, 0.1) is 0 Å². The van der Waals surface area contributed by atoms with Crippen molar-refractivity contribution in [3.05, 3.63) is 56.2 Å². The lowest BCUT2D eigenvalue weighted by Crippen LogP contribution is -2.05. The van der Waals surface area contributed by atoms with Crippen LogP contribution in [-0.2, 0) is 6.54 Å². The molecule has 17 heavy (non-hydrogen) atoms. The summed E-state index contributed by atoms with van der Waals surface area (Å²) in [5.41, 5.74) is 2.15. The number of nitrogens with one attached hydrogen (secondary N) is 1. The Morgan fingerprint density at radius 2 is 2.06 bits per heavy atom. The van der Waals surface area contributed by atoms with Crippen molar-refractivity contribution in [1.82, 2.24) is 5.32 Å². The summed E-state index contributed by atoms with van der Waals surface area (Å²) in [4.78, 5) is 0.957. The predicted octanol–water partition coefficient (Wildman–Crippen LogP) is 3.31. The maximum atomic E-state index is 10.2. The van der Waals surface area contributed by atoms with E-state index in [4.69, 9.17) is 0 Å². The molecule has 1 aromatic carbocycles. The van der Waals surface area contributed by atoms with E-state index in [1.165, 1.54) is 5.56 Å². The Labute approximate surface area is 113 Å². The molecule has 90 valence electrons. The van der Waals surface area contributed by atoms with E-state index in [1.807, 2.05) is 42.8 Å². The molecule has 0 spiro atoms. The van der Waals surface area contributed by atoms with Gasteiger partial charge in [0.1, 0.15) is 6.10 Å². The van der Waals surface area contributed by atoms with Crippen LogP contribution in [0.1, 0.15) is 22.1 Å². The molecule has 1 atom stereocenters. The molecular formula is C13H14BrNOS. The topological polar surface area (TPSA) is 32.3 Å². The Kier molecular flexibility index (Phi) is 4.34. The summed E-state index contributed by atoms with van der Waals surface area (Å²) in [7, 11) is 1.92. The molecule has 2 aromatic rings. The van der Waals surface area contributed by atoms with Gasteiger partial charge in [0.25, 0.3) is 0 Å². The van der Waals surface area contributed by atoms with E-state index in [9.17, 15) is 5.11 Å². The molecular weight excluding hydrogens is 298 g/mol. The van der Waals surface area contributed by atoms with Crippen LogP contribution in [0, 0.1) is 0 Å². The molecule has 0 amide bonds. The van der Waals surface area contributed by atoms with E-state index in [1.54, 1.807) is 11.3 Å². The Bertz CT molecular complexity index is 480. The van der Waals surface area contributed by atoms with Crippen LogP contribution in [0.25, 0.3) is 0 Å². The fourth-order valence-corrected chi connectivity index (χ4v) is 3.11. The summed E-state index contributed by atoms with van der Waals surface area (Å²) < 4.78 is 1.02.